The van der Waals surface area contributed by atoms with E-state index in [4.69, 9.17) is 0 Å². The first-order valence-electron chi connectivity index (χ1n) is 7.54. The summed E-state index contributed by atoms with van der Waals surface area (Å²) in [6.45, 7) is 8.07. The smallest absolute Gasteiger partial charge is 0.324 e. The molecule has 0 unspecified atom stereocenters. The highest BCUT2D eigenvalue weighted by Gasteiger charge is 2.27. The zero-order chi connectivity index (χ0) is 16.8. The highest BCUT2D eigenvalue weighted by molar-refractivity contribution is 7.11. The molecule has 1 aliphatic heterocycles. The summed E-state index contributed by atoms with van der Waals surface area (Å²) in [6.07, 6.45) is 0. The van der Waals surface area contributed by atoms with Gasteiger partial charge in [0.1, 0.15) is 0 Å². The molecule has 2 rings (SSSR count). The van der Waals surface area contributed by atoms with Gasteiger partial charge in [0.25, 0.3) is 0 Å². The Hall–Kier alpha value is -2.16. The molecule has 0 aromatic carbocycles. The number of urea groups is 1. The second-order valence-electron chi connectivity index (χ2n) is 5.07. The quantitative estimate of drug-likeness (QED) is 0.395. The van der Waals surface area contributed by atoms with Gasteiger partial charge in [-0.1, -0.05) is 0 Å². The fourth-order valence-electron chi connectivity index (χ4n) is 2.18. The SMILES string of the molecule is CCNC(=NCc1sc(C)nc1C)NCCN1C(=O)CNC1=O. The van der Waals surface area contributed by atoms with Crippen molar-refractivity contribution in [2.45, 2.75) is 27.3 Å². The predicted molar refractivity (Wildman–Crippen MR) is 89.5 cm³/mol. The number of nitrogens with zero attached hydrogens (tertiary/aromatic N) is 3. The van der Waals surface area contributed by atoms with E-state index in [0.29, 0.717) is 25.6 Å². The van der Waals surface area contributed by atoms with Crippen LogP contribution in [0.4, 0.5) is 4.79 Å². The number of rotatable bonds is 6. The van der Waals surface area contributed by atoms with Crippen LogP contribution in [0.15, 0.2) is 4.99 Å². The minimum atomic E-state index is -0.338. The second kappa shape index (κ2) is 7.91. The molecule has 1 aromatic rings. The van der Waals surface area contributed by atoms with Gasteiger partial charge < -0.3 is 16.0 Å². The minimum Gasteiger partial charge on any atom is -0.357 e. The van der Waals surface area contributed by atoms with E-state index in [0.717, 1.165) is 22.1 Å². The summed E-state index contributed by atoms with van der Waals surface area (Å²) >= 11 is 1.64. The number of aliphatic imine (C=N–C) groups is 1. The normalized spacial score (nSPS) is 15.1. The Balaban J connectivity index is 1.88. The molecular formula is C14H22N6O2S. The highest BCUT2D eigenvalue weighted by atomic mass is 32.1. The fourth-order valence-corrected chi connectivity index (χ4v) is 3.04. The Morgan fingerprint density at radius 2 is 2.17 bits per heavy atom. The molecule has 8 nitrogen and oxygen atoms in total. The number of nitrogens with one attached hydrogen (secondary N) is 3. The number of amides is 3. The Morgan fingerprint density at radius 1 is 1.39 bits per heavy atom. The second-order valence-corrected chi connectivity index (χ2v) is 6.36. The zero-order valence-corrected chi connectivity index (χ0v) is 14.4. The zero-order valence-electron chi connectivity index (χ0n) is 13.6. The summed E-state index contributed by atoms with van der Waals surface area (Å²) in [7, 11) is 0. The van der Waals surface area contributed by atoms with Crippen molar-refractivity contribution in [2.24, 2.45) is 4.99 Å². The fraction of sp³-hybridized carbons (Fsp3) is 0.571. The third kappa shape index (κ3) is 4.65. The molecule has 0 spiro atoms. The van der Waals surface area contributed by atoms with E-state index in [1.165, 1.54) is 4.90 Å². The molecule has 9 heteroatoms. The molecule has 3 N–H and O–H groups in total. The van der Waals surface area contributed by atoms with Crippen LogP contribution in [-0.2, 0) is 11.3 Å². The average molecular weight is 338 g/mol. The maximum Gasteiger partial charge on any atom is 0.324 e. The van der Waals surface area contributed by atoms with Crippen LogP contribution < -0.4 is 16.0 Å². The van der Waals surface area contributed by atoms with Gasteiger partial charge in [-0.2, -0.15) is 0 Å². The lowest BCUT2D eigenvalue weighted by Gasteiger charge is -2.15. The summed E-state index contributed by atoms with van der Waals surface area (Å²) in [5, 5.41) is 9.81. The predicted octanol–water partition coefficient (Wildman–Crippen LogP) is 0.367. The number of hydrogen-bond donors (Lipinski definition) is 3. The van der Waals surface area contributed by atoms with E-state index in [1.54, 1.807) is 11.3 Å². The van der Waals surface area contributed by atoms with Crippen LogP contribution in [0, 0.1) is 13.8 Å². The third-order valence-corrected chi connectivity index (χ3v) is 4.35. The van der Waals surface area contributed by atoms with Gasteiger partial charge in [0, 0.05) is 24.5 Å². The number of carbonyl (C=O) groups excluding carboxylic acids is 2. The largest absolute Gasteiger partial charge is 0.357 e. The first kappa shape index (κ1) is 17.2. The van der Waals surface area contributed by atoms with Crippen LogP contribution in [-0.4, -0.2) is 54.0 Å². The molecule has 23 heavy (non-hydrogen) atoms. The van der Waals surface area contributed by atoms with Gasteiger partial charge in [-0.05, 0) is 20.8 Å². The minimum absolute atomic E-state index is 0.0804. The number of aromatic nitrogens is 1. The van der Waals surface area contributed by atoms with Crippen molar-refractivity contribution in [1.82, 2.24) is 25.8 Å². The van der Waals surface area contributed by atoms with Gasteiger partial charge in [-0.15, -0.1) is 11.3 Å². The van der Waals surface area contributed by atoms with Crippen LogP contribution in [0.5, 0.6) is 0 Å². The molecule has 3 amide bonds. The van der Waals surface area contributed by atoms with Gasteiger partial charge in [-0.3, -0.25) is 9.69 Å². The standard InChI is InChI=1S/C14H22N6O2S/c1-4-15-13(17-7-11-9(2)19-10(3)23-11)16-5-6-20-12(21)8-18-14(20)22/h4-8H2,1-3H3,(H,18,22)(H2,15,16,17). The van der Waals surface area contributed by atoms with Gasteiger partial charge in [0.2, 0.25) is 5.91 Å². The number of guanidine groups is 1. The van der Waals surface area contributed by atoms with E-state index >= 15 is 0 Å². The van der Waals surface area contributed by atoms with Crippen molar-refractivity contribution >= 4 is 29.2 Å². The molecule has 0 bridgehead atoms. The van der Waals surface area contributed by atoms with E-state index in [2.05, 4.69) is 25.9 Å². The number of imide groups is 1. The number of aryl methyl sites for hydroxylation is 2. The van der Waals surface area contributed by atoms with E-state index in [-0.39, 0.29) is 18.5 Å². The summed E-state index contributed by atoms with van der Waals surface area (Å²) in [6, 6.07) is -0.338. The molecular weight excluding hydrogens is 316 g/mol. The molecule has 0 radical (unpaired) electrons. The molecule has 1 saturated heterocycles. The monoisotopic (exact) mass is 338 g/mol. The van der Waals surface area contributed by atoms with Crippen LogP contribution >= 0.6 is 11.3 Å². The molecule has 0 aliphatic carbocycles. The van der Waals surface area contributed by atoms with Gasteiger partial charge in [-0.25, -0.2) is 14.8 Å². The molecule has 1 aromatic heterocycles. The maximum atomic E-state index is 11.5. The Kier molecular flexibility index (Phi) is 5.91. The van der Waals surface area contributed by atoms with Crippen LogP contribution in [0.25, 0.3) is 0 Å². The molecule has 126 valence electrons. The van der Waals surface area contributed by atoms with Crippen molar-refractivity contribution < 1.29 is 9.59 Å². The maximum absolute atomic E-state index is 11.5. The topological polar surface area (TPSA) is 98.7 Å². The van der Waals surface area contributed by atoms with E-state index in [9.17, 15) is 9.59 Å². The number of thiazole rings is 1. The molecule has 2 heterocycles. The van der Waals surface area contributed by atoms with Crippen LogP contribution in [0.1, 0.15) is 22.5 Å². The first-order valence-corrected chi connectivity index (χ1v) is 8.36. The van der Waals surface area contributed by atoms with Crippen LogP contribution in [0.3, 0.4) is 0 Å². The average Bonchev–Trinajstić information content (AvgIpc) is 2.99. The number of hydrogen-bond acceptors (Lipinski definition) is 5. The lowest BCUT2D eigenvalue weighted by molar-refractivity contribution is -0.124. The Bertz CT molecular complexity index is 596. The van der Waals surface area contributed by atoms with E-state index in [1.807, 2.05) is 20.8 Å². The molecule has 0 saturated carbocycles. The van der Waals surface area contributed by atoms with Crippen molar-refractivity contribution in [3.8, 4) is 0 Å². The lowest BCUT2D eigenvalue weighted by Crippen LogP contribution is -2.43. The Morgan fingerprint density at radius 3 is 2.74 bits per heavy atom. The highest BCUT2D eigenvalue weighted by Crippen LogP contribution is 2.17. The summed E-state index contributed by atoms with van der Waals surface area (Å²) in [5.74, 6) is 0.458. The Labute approximate surface area is 139 Å². The molecule has 1 aliphatic rings. The van der Waals surface area contributed by atoms with Gasteiger partial charge in [0.05, 0.1) is 23.8 Å². The van der Waals surface area contributed by atoms with Gasteiger partial charge in [0.15, 0.2) is 5.96 Å². The summed E-state index contributed by atoms with van der Waals surface area (Å²) in [5.41, 5.74) is 1.01. The van der Waals surface area contributed by atoms with Gasteiger partial charge >= 0.3 is 6.03 Å². The summed E-state index contributed by atoms with van der Waals surface area (Å²) < 4.78 is 0. The molecule has 1 fully saturated rings. The first-order chi connectivity index (χ1) is 11.0. The molecule has 0 atom stereocenters. The summed E-state index contributed by atoms with van der Waals surface area (Å²) in [4.78, 5) is 34.2. The van der Waals surface area contributed by atoms with Crippen molar-refractivity contribution in [2.75, 3.05) is 26.2 Å². The third-order valence-electron chi connectivity index (χ3n) is 3.29. The van der Waals surface area contributed by atoms with Crippen molar-refractivity contribution in [1.29, 1.82) is 0 Å². The lowest BCUT2D eigenvalue weighted by atomic mass is 10.4. The van der Waals surface area contributed by atoms with Crippen molar-refractivity contribution in [3.63, 3.8) is 0 Å². The van der Waals surface area contributed by atoms with Crippen LogP contribution in [0.2, 0.25) is 0 Å². The van der Waals surface area contributed by atoms with Crippen molar-refractivity contribution in [3.05, 3.63) is 15.6 Å². The van der Waals surface area contributed by atoms with E-state index < -0.39 is 0 Å². The number of carbonyl (C=O) groups is 2.